The van der Waals surface area contributed by atoms with Gasteiger partial charge in [-0.3, -0.25) is 0 Å². The molecule has 0 bridgehead atoms. The summed E-state index contributed by atoms with van der Waals surface area (Å²) in [6, 6.07) is 0. The quantitative estimate of drug-likeness (QED) is 0.308. The molecule has 0 fully saturated rings. The SMILES string of the molecule is CCCCCCOC[N+](C)(C)CCCO.[Cl-]. The van der Waals surface area contributed by atoms with Crippen molar-refractivity contribution in [3.8, 4) is 0 Å². The fraction of sp³-hybridized carbons (Fsp3) is 1.00. The maximum atomic E-state index is 8.75. The van der Waals surface area contributed by atoms with Crippen molar-refractivity contribution in [1.82, 2.24) is 0 Å². The summed E-state index contributed by atoms with van der Waals surface area (Å²) >= 11 is 0. The maximum absolute atomic E-state index is 8.75. The number of rotatable bonds is 10. The highest BCUT2D eigenvalue weighted by molar-refractivity contribution is 4.38. The second-order valence-electron chi connectivity index (χ2n) is 4.83. The molecule has 1 N–H and O–H groups in total. The molecule has 100 valence electrons. The Labute approximate surface area is 107 Å². The van der Waals surface area contributed by atoms with Gasteiger partial charge in [0.25, 0.3) is 0 Å². The van der Waals surface area contributed by atoms with Crippen molar-refractivity contribution in [2.45, 2.75) is 39.0 Å². The van der Waals surface area contributed by atoms with E-state index in [1.165, 1.54) is 25.7 Å². The van der Waals surface area contributed by atoms with Gasteiger partial charge in [0.15, 0.2) is 6.73 Å². The van der Waals surface area contributed by atoms with Crippen molar-refractivity contribution in [3.63, 3.8) is 0 Å². The van der Waals surface area contributed by atoms with Crippen LogP contribution in [-0.4, -0.2) is 50.2 Å². The van der Waals surface area contributed by atoms with Crippen LogP contribution >= 0.6 is 0 Å². The third-order valence-electron chi connectivity index (χ3n) is 2.50. The Bertz CT molecular complexity index is 143. The summed E-state index contributed by atoms with van der Waals surface area (Å²) in [5.74, 6) is 0. The molecule has 0 heterocycles. The molecule has 4 heteroatoms. The van der Waals surface area contributed by atoms with E-state index in [1.54, 1.807) is 0 Å². The summed E-state index contributed by atoms with van der Waals surface area (Å²) in [7, 11) is 4.28. The lowest BCUT2D eigenvalue weighted by Crippen LogP contribution is -3.00. The van der Waals surface area contributed by atoms with Gasteiger partial charge in [-0.2, -0.15) is 0 Å². The molecule has 0 rings (SSSR count). The molecule has 0 amide bonds. The van der Waals surface area contributed by atoms with E-state index in [2.05, 4.69) is 21.0 Å². The van der Waals surface area contributed by atoms with Gasteiger partial charge in [-0.05, 0) is 6.42 Å². The number of nitrogens with zero attached hydrogens (tertiary/aromatic N) is 1. The molecule has 0 aliphatic heterocycles. The van der Waals surface area contributed by atoms with Crippen molar-refractivity contribution in [3.05, 3.63) is 0 Å². The zero-order valence-corrected chi connectivity index (χ0v) is 11.8. The zero-order chi connectivity index (χ0) is 11.6. The Morgan fingerprint density at radius 2 is 1.75 bits per heavy atom. The van der Waals surface area contributed by atoms with E-state index in [9.17, 15) is 0 Å². The van der Waals surface area contributed by atoms with Crippen LogP contribution in [0.3, 0.4) is 0 Å². The van der Waals surface area contributed by atoms with Gasteiger partial charge in [-0.1, -0.05) is 26.2 Å². The van der Waals surface area contributed by atoms with E-state index < -0.39 is 0 Å². The first kappa shape index (κ1) is 18.5. The summed E-state index contributed by atoms with van der Waals surface area (Å²) in [6.45, 7) is 5.10. The highest BCUT2D eigenvalue weighted by Crippen LogP contribution is 2.02. The highest BCUT2D eigenvalue weighted by atomic mass is 35.5. The number of quaternary nitrogens is 1. The molecule has 0 aromatic rings. The van der Waals surface area contributed by atoms with Gasteiger partial charge < -0.3 is 26.7 Å². The smallest absolute Gasteiger partial charge is 0.182 e. The van der Waals surface area contributed by atoms with Gasteiger partial charge in [0.05, 0.1) is 27.2 Å². The van der Waals surface area contributed by atoms with E-state index in [4.69, 9.17) is 9.84 Å². The van der Waals surface area contributed by atoms with Crippen molar-refractivity contribution >= 4 is 0 Å². The van der Waals surface area contributed by atoms with Crippen LogP contribution < -0.4 is 12.4 Å². The molecule has 0 aliphatic carbocycles. The summed E-state index contributed by atoms with van der Waals surface area (Å²) in [6.07, 6.45) is 5.89. The van der Waals surface area contributed by atoms with E-state index in [-0.39, 0.29) is 19.0 Å². The minimum atomic E-state index is 0. The molecule has 0 unspecified atom stereocenters. The molecule has 0 saturated heterocycles. The molecule has 16 heavy (non-hydrogen) atoms. The van der Waals surface area contributed by atoms with Crippen molar-refractivity contribution < 1.29 is 26.7 Å². The van der Waals surface area contributed by atoms with E-state index in [0.717, 1.165) is 30.8 Å². The normalized spacial score (nSPS) is 11.2. The summed E-state index contributed by atoms with van der Waals surface area (Å²) < 4.78 is 6.47. The van der Waals surface area contributed by atoms with Crippen molar-refractivity contribution in [2.24, 2.45) is 0 Å². The number of ether oxygens (including phenoxy) is 1. The highest BCUT2D eigenvalue weighted by Gasteiger charge is 2.13. The average molecular weight is 254 g/mol. The van der Waals surface area contributed by atoms with Crippen molar-refractivity contribution in [1.29, 1.82) is 0 Å². The fourth-order valence-corrected chi connectivity index (χ4v) is 1.51. The van der Waals surface area contributed by atoms with Crippen LogP contribution in [0.5, 0.6) is 0 Å². The molecule has 3 nitrogen and oxygen atoms in total. The Morgan fingerprint density at radius 1 is 1.06 bits per heavy atom. The van der Waals surface area contributed by atoms with Gasteiger partial charge in [0, 0.05) is 13.0 Å². The predicted molar refractivity (Wildman–Crippen MR) is 63.6 cm³/mol. The number of unbranched alkanes of at least 4 members (excludes halogenated alkanes) is 3. The molecular weight excluding hydrogens is 226 g/mol. The first-order valence-corrected chi connectivity index (χ1v) is 6.13. The largest absolute Gasteiger partial charge is 1.00 e. The van der Waals surface area contributed by atoms with Crippen LogP contribution in [-0.2, 0) is 4.74 Å². The molecule has 0 aromatic carbocycles. The standard InChI is InChI=1S/C12H28NO2.ClH/c1-4-5-6-7-11-15-12-13(2,3)9-8-10-14;/h14H,4-12H2,1-3H3;1H/q+1;/p-1. The van der Waals surface area contributed by atoms with Gasteiger partial charge in [0.2, 0.25) is 0 Å². The number of hydrogen-bond acceptors (Lipinski definition) is 2. The second kappa shape index (κ2) is 11.6. The monoisotopic (exact) mass is 253 g/mol. The zero-order valence-electron chi connectivity index (χ0n) is 11.0. The number of aliphatic hydroxyl groups is 1. The Morgan fingerprint density at radius 3 is 2.31 bits per heavy atom. The molecule has 0 aliphatic rings. The molecule has 0 radical (unpaired) electrons. The van der Waals surface area contributed by atoms with Crippen molar-refractivity contribution in [2.75, 3.05) is 40.6 Å². The third-order valence-corrected chi connectivity index (χ3v) is 2.50. The molecule has 0 spiro atoms. The third kappa shape index (κ3) is 12.2. The Hall–Kier alpha value is 0.170. The second-order valence-corrected chi connectivity index (χ2v) is 4.83. The van der Waals surface area contributed by atoms with Gasteiger partial charge in [0.1, 0.15) is 0 Å². The summed E-state index contributed by atoms with van der Waals surface area (Å²) in [5, 5.41) is 8.75. The Kier molecular flexibility index (Phi) is 13.5. The van der Waals surface area contributed by atoms with E-state index >= 15 is 0 Å². The Balaban J connectivity index is 0. The van der Waals surface area contributed by atoms with E-state index in [0.29, 0.717) is 0 Å². The number of aliphatic hydroxyl groups excluding tert-OH is 1. The lowest BCUT2D eigenvalue weighted by atomic mass is 10.2. The fourth-order valence-electron chi connectivity index (χ4n) is 1.51. The van der Waals surface area contributed by atoms with Crippen LogP contribution in [0.15, 0.2) is 0 Å². The van der Waals surface area contributed by atoms with Crippen LogP contribution in [0.2, 0.25) is 0 Å². The summed E-state index contributed by atoms with van der Waals surface area (Å²) in [4.78, 5) is 0. The van der Waals surface area contributed by atoms with Crippen LogP contribution in [0.25, 0.3) is 0 Å². The molecule has 0 saturated carbocycles. The van der Waals surface area contributed by atoms with Gasteiger partial charge >= 0.3 is 0 Å². The minimum Gasteiger partial charge on any atom is -1.00 e. The lowest BCUT2D eigenvalue weighted by Gasteiger charge is -2.28. The van der Waals surface area contributed by atoms with Gasteiger partial charge in [-0.15, -0.1) is 0 Å². The first-order chi connectivity index (χ1) is 7.12. The van der Waals surface area contributed by atoms with Gasteiger partial charge in [-0.25, -0.2) is 0 Å². The van der Waals surface area contributed by atoms with Crippen LogP contribution in [0.1, 0.15) is 39.0 Å². The average Bonchev–Trinajstić information content (AvgIpc) is 2.20. The molecule has 0 atom stereocenters. The topological polar surface area (TPSA) is 29.5 Å². The number of halogens is 1. The maximum Gasteiger partial charge on any atom is 0.182 e. The van der Waals surface area contributed by atoms with E-state index in [1.807, 2.05) is 0 Å². The molecule has 0 aromatic heterocycles. The minimum absolute atomic E-state index is 0. The first-order valence-electron chi connectivity index (χ1n) is 6.13. The van der Waals surface area contributed by atoms with Crippen LogP contribution in [0, 0.1) is 0 Å². The molecular formula is C12H28ClNO2. The van der Waals surface area contributed by atoms with Crippen LogP contribution in [0.4, 0.5) is 0 Å². The lowest BCUT2D eigenvalue weighted by molar-refractivity contribution is -0.909. The predicted octanol–water partition coefficient (Wildman–Crippen LogP) is -0.996. The number of hydrogen-bond donors (Lipinski definition) is 1. The summed E-state index contributed by atoms with van der Waals surface area (Å²) in [5.41, 5.74) is 0.